The molecule has 0 saturated carbocycles. The first-order chi connectivity index (χ1) is 10.6. The molecule has 0 spiro atoms. The van der Waals surface area contributed by atoms with Crippen molar-refractivity contribution in [2.75, 3.05) is 13.2 Å². The SMILES string of the molecule is Cc1c([C@@H](C)NCCOc2cccnc2)cccc1[N+](=O)[O-]. The van der Waals surface area contributed by atoms with Crippen molar-refractivity contribution in [3.63, 3.8) is 0 Å². The highest BCUT2D eigenvalue weighted by molar-refractivity contribution is 5.45. The Bertz CT molecular complexity index is 632. The van der Waals surface area contributed by atoms with Crippen LogP contribution in [0, 0.1) is 17.0 Å². The van der Waals surface area contributed by atoms with Gasteiger partial charge in [-0.25, -0.2) is 0 Å². The van der Waals surface area contributed by atoms with E-state index in [4.69, 9.17) is 4.74 Å². The first-order valence-electron chi connectivity index (χ1n) is 7.09. The maximum atomic E-state index is 11.0. The number of aromatic nitrogens is 1. The molecule has 0 aliphatic rings. The summed E-state index contributed by atoms with van der Waals surface area (Å²) in [5.41, 5.74) is 1.77. The molecule has 6 heteroatoms. The third-order valence-corrected chi connectivity index (χ3v) is 3.47. The fraction of sp³-hybridized carbons (Fsp3) is 0.312. The summed E-state index contributed by atoms with van der Waals surface area (Å²) >= 11 is 0. The number of nitro benzene ring substituents is 1. The van der Waals surface area contributed by atoms with E-state index in [1.54, 1.807) is 25.4 Å². The number of ether oxygens (including phenoxy) is 1. The van der Waals surface area contributed by atoms with Gasteiger partial charge in [0.15, 0.2) is 0 Å². The predicted molar refractivity (Wildman–Crippen MR) is 84.0 cm³/mol. The van der Waals surface area contributed by atoms with Crippen LogP contribution in [0.15, 0.2) is 42.7 Å². The molecule has 1 heterocycles. The van der Waals surface area contributed by atoms with Crippen LogP contribution >= 0.6 is 0 Å². The number of nitrogens with one attached hydrogen (secondary N) is 1. The monoisotopic (exact) mass is 301 g/mol. The van der Waals surface area contributed by atoms with Crippen LogP contribution in [0.2, 0.25) is 0 Å². The summed E-state index contributed by atoms with van der Waals surface area (Å²) in [6.45, 7) is 4.90. The molecule has 116 valence electrons. The third kappa shape index (κ3) is 4.02. The maximum Gasteiger partial charge on any atom is 0.272 e. The molecule has 1 N–H and O–H groups in total. The van der Waals surface area contributed by atoms with Crippen LogP contribution in [0.25, 0.3) is 0 Å². The second kappa shape index (κ2) is 7.51. The first-order valence-corrected chi connectivity index (χ1v) is 7.09. The lowest BCUT2D eigenvalue weighted by atomic mass is 10.0. The number of benzene rings is 1. The number of rotatable bonds is 7. The highest BCUT2D eigenvalue weighted by atomic mass is 16.6. The number of hydrogen-bond acceptors (Lipinski definition) is 5. The van der Waals surface area contributed by atoms with Gasteiger partial charge in [0.2, 0.25) is 0 Å². The fourth-order valence-electron chi connectivity index (χ4n) is 2.29. The summed E-state index contributed by atoms with van der Waals surface area (Å²) < 4.78 is 5.55. The van der Waals surface area contributed by atoms with Crippen LogP contribution in [0.1, 0.15) is 24.1 Å². The van der Waals surface area contributed by atoms with E-state index in [1.807, 2.05) is 25.1 Å². The Morgan fingerprint density at radius 1 is 1.36 bits per heavy atom. The van der Waals surface area contributed by atoms with Gasteiger partial charge in [-0.05, 0) is 31.5 Å². The molecule has 0 amide bonds. The summed E-state index contributed by atoms with van der Waals surface area (Å²) in [7, 11) is 0. The largest absolute Gasteiger partial charge is 0.491 e. The van der Waals surface area contributed by atoms with Crippen LogP contribution in [0.5, 0.6) is 5.75 Å². The van der Waals surface area contributed by atoms with Gasteiger partial charge in [-0.3, -0.25) is 15.1 Å². The van der Waals surface area contributed by atoms with Crippen molar-refractivity contribution >= 4 is 5.69 Å². The molecular weight excluding hydrogens is 282 g/mol. The minimum Gasteiger partial charge on any atom is -0.491 e. The minimum atomic E-state index is -0.350. The quantitative estimate of drug-likeness (QED) is 0.483. The summed E-state index contributed by atoms with van der Waals surface area (Å²) in [5.74, 6) is 0.725. The van der Waals surface area contributed by atoms with Crippen LogP contribution in [-0.2, 0) is 0 Å². The molecule has 0 aliphatic carbocycles. The Labute approximate surface area is 129 Å². The van der Waals surface area contributed by atoms with Crippen LogP contribution in [0.4, 0.5) is 5.69 Å². The highest BCUT2D eigenvalue weighted by Crippen LogP contribution is 2.25. The summed E-state index contributed by atoms with van der Waals surface area (Å²) in [4.78, 5) is 14.6. The topological polar surface area (TPSA) is 77.3 Å². The normalized spacial score (nSPS) is 11.9. The Kier molecular flexibility index (Phi) is 5.43. The van der Waals surface area contributed by atoms with Gasteiger partial charge in [-0.2, -0.15) is 0 Å². The lowest BCUT2D eigenvalue weighted by molar-refractivity contribution is -0.385. The lowest BCUT2D eigenvalue weighted by Gasteiger charge is -2.16. The molecule has 6 nitrogen and oxygen atoms in total. The van der Waals surface area contributed by atoms with Gasteiger partial charge in [0, 0.05) is 30.4 Å². The molecular formula is C16H19N3O3. The van der Waals surface area contributed by atoms with E-state index >= 15 is 0 Å². The molecule has 0 unspecified atom stereocenters. The average molecular weight is 301 g/mol. The molecule has 1 atom stereocenters. The van der Waals surface area contributed by atoms with Gasteiger partial charge < -0.3 is 10.1 Å². The predicted octanol–water partition coefficient (Wildman–Crippen LogP) is 3.03. The standard InChI is InChI=1S/C16H19N3O3/c1-12-15(6-3-7-16(12)19(20)21)13(2)18-9-10-22-14-5-4-8-17-11-14/h3-8,11,13,18H,9-10H2,1-2H3/t13-/m1/s1. The first kappa shape index (κ1) is 15.9. The van der Waals surface area contributed by atoms with Crippen molar-refractivity contribution in [2.24, 2.45) is 0 Å². The van der Waals surface area contributed by atoms with Gasteiger partial charge in [0.25, 0.3) is 5.69 Å². The molecule has 0 radical (unpaired) electrons. The van der Waals surface area contributed by atoms with Crippen molar-refractivity contribution in [2.45, 2.75) is 19.9 Å². The van der Waals surface area contributed by atoms with Gasteiger partial charge in [0.1, 0.15) is 12.4 Å². The molecule has 22 heavy (non-hydrogen) atoms. The molecule has 0 fully saturated rings. The second-order valence-corrected chi connectivity index (χ2v) is 4.96. The highest BCUT2D eigenvalue weighted by Gasteiger charge is 2.16. The second-order valence-electron chi connectivity index (χ2n) is 4.96. The van der Waals surface area contributed by atoms with E-state index in [1.165, 1.54) is 6.07 Å². The fourth-order valence-corrected chi connectivity index (χ4v) is 2.29. The molecule has 1 aromatic heterocycles. The van der Waals surface area contributed by atoms with E-state index < -0.39 is 0 Å². The van der Waals surface area contributed by atoms with E-state index in [9.17, 15) is 10.1 Å². The van der Waals surface area contributed by atoms with Gasteiger partial charge in [0.05, 0.1) is 11.1 Å². The Hall–Kier alpha value is -2.47. The number of nitrogens with zero attached hydrogens (tertiary/aromatic N) is 2. The zero-order valence-electron chi connectivity index (χ0n) is 12.7. The van der Waals surface area contributed by atoms with E-state index in [0.717, 1.165) is 11.3 Å². The summed E-state index contributed by atoms with van der Waals surface area (Å²) in [6, 6.07) is 8.82. The van der Waals surface area contributed by atoms with E-state index in [2.05, 4.69) is 10.3 Å². The van der Waals surface area contributed by atoms with Crippen LogP contribution in [0.3, 0.4) is 0 Å². The zero-order chi connectivity index (χ0) is 15.9. The number of hydrogen-bond donors (Lipinski definition) is 1. The van der Waals surface area contributed by atoms with Gasteiger partial charge >= 0.3 is 0 Å². The Morgan fingerprint density at radius 3 is 2.86 bits per heavy atom. The molecule has 0 bridgehead atoms. The molecule has 0 saturated heterocycles. The summed E-state index contributed by atoms with van der Waals surface area (Å²) in [6.07, 6.45) is 3.35. The van der Waals surface area contributed by atoms with E-state index in [-0.39, 0.29) is 16.7 Å². The lowest BCUT2D eigenvalue weighted by Crippen LogP contribution is -2.25. The third-order valence-electron chi connectivity index (χ3n) is 3.47. The van der Waals surface area contributed by atoms with Crippen molar-refractivity contribution < 1.29 is 9.66 Å². The molecule has 2 rings (SSSR count). The van der Waals surface area contributed by atoms with Crippen molar-refractivity contribution in [1.29, 1.82) is 0 Å². The average Bonchev–Trinajstić information content (AvgIpc) is 2.52. The van der Waals surface area contributed by atoms with Crippen molar-refractivity contribution in [1.82, 2.24) is 10.3 Å². The minimum absolute atomic E-state index is 0.0115. The number of pyridine rings is 1. The van der Waals surface area contributed by atoms with Crippen LogP contribution in [-0.4, -0.2) is 23.1 Å². The Morgan fingerprint density at radius 2 is 2.18 bits per heavy atom. The van der Waals surface area contributed by atoms with E-state index in [0.29, 0.717) is 18.7 Å². The van der Waals surface area contributed by atoms with Gasteiger partial charge in [-0.15, -0.1) is 0 Å². The Balaban J connectivity index is 1.89. The van der Waals surface area contributed by atoms with Gasteiger partial charge in [-0.1, -0.05) is 12.1 Å². The molecule has 1 aromatic carbocycles. The smallest absolute Gasteiger partial charge is 0.272 e. The van der Waals surface area contributed by atoms with Crippen molar-refractivity contribution in [3.8, 4) is 5.75 Å². The van der Waals surface area contributed by atoms with Crippen LogP contribution < -0.4 is 10.1 Å². The number of nitro groups is 1. The zero-order valence-corrected chi connectivity index (χ0v) is 12.7. The summed E-state index contributed by atoms with van der Waals surface area (Å²) in [5, 5.41) is 14.3. The molecule has 0 aliphatic heterocycles. The maximum absolute atomic E-state index is 11.0. The van der Waals surface area contributed by atoms with Crippen molar-refractivity contribution in [3.05, 3.63) is 64.0 Å². The molecule has 2 aromatic rings.